The van der Waals surface area contributed by atoms with Crippen LogP contribution in [0.25, 0.3) is 0 Å². The average Bonchev–Trinajstić information content (AvgIpc) is 2.88. The van der Waals surface area contributed by atoms with Crippen LogP contribution in [-0.4, -0.2) is 18.2 Å². The molecule has 0 bridgehead atoms. The summed E-state index contributed by atoms with van der Waals surface area (Å²) >= 11 is 4.88. The number of fused-ring (bicyclic) bond motifs is 1. The fourth-order valence-electron chi connectivity index (χ4n) is 2.42. The molecule has 21 heavy (non-hydrogen) atoms. The van der Waals surface area contributed by atoms with Gasteiger partial charge in [-0.15, -0.1) is 0 Å². The molecule has 0 fully saturated rings. The van der Waals surface area contributed by atoms with Crippen molar-refractivity contribution in [3.05, 3.63) is 59.4 Å². The zero-order valence-corrected chi connectivity index (χ0v) is 12.0. The largest absolute Gasteiger partial charge is 0.493 e. The van der Waals surface area contributed by atoms with E-state index in [0.29, 0.717) is 19.0 Å². The van der Waals surface area contributed by atoms with Crippen molar-refractivity contribution < 1.29 is 13.9 Å². The molecule has 0 aliphatic carbocycles. The number of hydrogen-bond donors (Lipinski definition) is 1. The fraction of sp³-hybridized carbons (Fsp3) is 0.188. The van der Waals surface area contributed by atoms with E-state index in [-0.39, 0.29) is 16.5 Å². The number of hydrogen-bond acceptors (Lipinski definition) is 3. The zero-order chi connectivity index (χ0) is 14.8. The fourth-order valence-corrected chi connectivity index (χ4v) is 2.62. The summed E-state index contributed by atoms with van der Waals surface area (Å²) in [5, 5.41) is 0. The third-order valence-electron chi connectivity index (χ3n) is 3.46. The SMILES string of the molecule is NC(=S)c1c(F)cccc1OCC1COc2ccccc21. The molecule has 2 N–H and O–H groups in total. The lowest BCUT2D eigenvalue weighted by Gasteiger charge is -2.14. The highest BCUT2D eigenvalue weighted by Crippen LogP contribution is 2.34. The molecule has 2 aromatic rings. The summed E-state index contributed by atoms with van der Waals surface area (Å²) in [7, 11) is 0. The van der Waals surface area contributed by atoms with Gasteiger partial charge in [-0.1, -0.05) is 36.5 Å². The van der Waals surface area contributed by atoms with Gasteiger partial charge in [0.25, 0.3) is 0 Å². The van der Waals surface area contributed by atoms with Gasteiger partial charge >= 0.3 is 0 Å². The number of ether oxygens (including phenoxy) is 2. The van der Waals surface area contributed by atoms with E-state index in [1.54, 1.807) is 12.1 Å². The summed E-state index contributed by atoms with van der Waals surface area (Å²) in [6, 6.07) is 12.4. The highest BCUT2D eigenvalue weighted by Gasteiger charge is 2.24. The smallest absolute Gasteiger partial charge is 0.137 e. The van der Waals surface area contributed by atoms with Crippen LogP contribution >= 0.6 is 12.2 Å². The molecular formula is C16H14FNO2S. The molecule has 108 valence electrons. The molecule has 0 radical (unpaired) electrons. The molecule has 1 aliphatic rings. The molecule has 3 nitrogen and oxygen atoms in total. The van der Waals surface area contributed by atoms with E-state index >= 15 is 0 Å². The van der Waals surface area contributed by atoms with Crippen LogP contribution in [0.5, 0.6) is 11.5 Å². The topological polar surface area (TPSA) is 44.5 Å². The minimum atomic E-state index is -0.469. The quantitative estimate of drug-likeness (QED) is 0.882. The van der Waals surface area contributed by atoms with Crippen LogP contribution in [0.2, 0.25) is 0 Å². The second-order valence-electron chi connectivity index (χ2n) is 4.83. The Bertz CT molecular complexity index is 690. The van der Waals surface area contributed by atoms with Gasteiger partial charge in [0.05, 0.1) is 24.7 Å². The Morgan fingerprint density at radius 2 is 2.10 bits per heavy atom. The molecule has 1 aliphatic heterocycles. The first kappa shape index (κ1) is 13.8. The Kier molecular flexibility index (Phi) is 3.75. The minimum absolute atomic E-state index is 0.00817. The lowest BCUT2D eigenvalue weighted by atomic mass is 10.0. The molecular weight excluding hydrogens is 289 g/mol. The maximum absolute atomic E-state index is 13.8. The van der Waals surface area contributed by atoms with Crippen LogP contribution in [0.3, 0.4) is 0 Å². The van der Waals surface area contributed by atoms with Gasteiger partial charge in [0, 0.05) is 5.56 Å². The standard InChI is InChI=1S/C16H14FNO2S/c17-12-5-3-7-14(15(12)16(18)21)20-9-10-8-19-13-6-2-1-4-11(10)13/h1-7,10H,8-9H2,(H2,18,21). The van der Waals surface area contributed by atoms with Gasteiger partial charge in [-0.05, 0) is 18.2 Å². The van der Waals surface area contributed by atoms with Crippen molar-refractivity contribution in [1.82, 2.24) is 0 Å². The van der Waals surface area contributed by atoms with Crippen molar-refractivity contribution in [1.29, 1.82) is 0 Å². The monoisotopic (exact) mass is 303 g/mol. The lowest BCUT2D eigenvalue weighted by Crippen LogP contribution is -2.17. The van der Waals surface area contributed by atoms with Gasteiger partial charge in [-0.25, -0.2) is 4.39 Å². The molecule has 0 amide bonds. The van der Waals surface area contributed by atoms with Crippen LogP contribution in [0.1, 0.15) is 17.0 Å². The van der Waals surface area contributed by atoms with Crippen LogP contribution in [0.4, 0.5) is 4.39 Å². The lowest BCUT2D eigenvalue weighted by molar-refractivity contribution is 0.247. The van der Waals surface area contributed by atoms with Crippen LogP contribution in [0.15, 0.2) is 42.5 Å². The number of rotatable bonds is 4. The van der Waals surface area contributed by atoms with Gasteiger partial charge in [-0.2, -0.15) is 0 Å². The second kappa shape index (κ2) is 5.69. The molecule has 0 saturated carbocycles. The molecule has 5 heteroatoms. The van der Waals surface area contributed by atoms with E-state index in [0.717, 1.165) is 11.3 Å². The Labute approximate surface area is 127 Å². The Morgan fingerprint density at radius 1 is 1.29 bits per heavy atom. The van der Waals surface area contributed by atoms with Crippen molar-refractivity contribution in [2.75, 3.05) is 13.2 Å². The number of nitrogens with two attached hydrogens (primary N) is 1. The van der Waals surface area contributed by atoms with E-state index in [2.05, 4.69) is 0 Å². The van der Waals surface area contributed by atoms with Crippen molar-refractivity contribution in [3.63, 3.8) is 0 Å². The number of thiocarbonyl (C=S) groups is 1. The predicted molar refractivity (Wildman–Crippen MR) is 82.5 cm³/mol. The molecule has 3 rings (SSSR count). The van der Waals surface area contributed by atoms with E-state index in [4.69, 9.17) is 27.4 Å². The molecule has 2 aromatic carbocycles. The van der Waals surface area contributed by atoms with E-state index < -0.39 is 5.82 Å². The Hall–Kier alpha value is -2.14. The summed E-state index contributed by atoms with van der Waals surface area (Å²) in [6.07, 6.45) is 0. The van der Waals surface area contributed by atoms with E-state index in [1.807, 2.05) is 24.3 Å². The minimum Gasteiger partial charge on any atom is -0.493 e. The highest BCUT2D eigenvalue weighted by molar-refractivity contribution is 7.80. The van der Waals surface area contributed by atoms with Gasteiger partial charge in [-0.3, -0.25) is 0 Å². The number of benzene rings is 2. The first-order chi connectivity index (χ1) is 10.2. The third-order valence-corrected chi connectivity index (χ3v) is 3.66. The van der Waals surface area contributed by atoms with Crippen molar-refractivity contribution in [3.8, 4) is 11.5 Å². The van der Waals surface area contributed by atoms with Crippen molar-refractivity contribution in [2.45, 2.75) is 5.92 Å². The average molecular weight is 303 g/mol. The maximum atomic E-state index is 13.8. The number of para-hydroxylation sites is 1. The molecule has 1 heterocycles. The summed E-state index contributed by atoms with van der Waals surface area (Å²) in [5.74, 6) is 0.888. The second-order valence-corrected chi connectivity index (χ2v) is 5.27. The first-order valence-electron chi connectivity index (χ1n) is 6.59. The normalized spacial score (nSPS) is 16.1. The third kappa shape index (κ3) is 2.69. The van der Waals surface area contributed by atoms with Gasteiger partial charge in [0.15, 0.2) is 0 Å². The zero-order valence-electron chi connectivity index (χ0n) is 11.2. The van der Waals surface area contributed by atoms with E-state index in [1.165, 1.54) is 6.07 Å². The van der Waals surface area contributed by atoms with Gasteiger partial charge in [0.2, 0.25) is 0 Å². The summed E-state index contributed by atoms with van der Waals surface area (Å²) < 4.78 is 25.1. The Morgan fingerprint density at radius 3 is 2.90 bits per heavy atom. The van der Waals surface area contributed by atoms with Crippen LogP contribution in [-0.2, 0) is 0 Å². The van der Waals surface area contributed by atoms with Gasteiger partial charge in [0.1, 0.15) is 22.3 Å². The summed E-state index contributed by atoms with van der Waals surface area (Å²) in [4.78, 5) is -0.00817. The highest BCUT2D eigenvalue weighted by atomic mass is 32.1. The van der Waals surface area contributed by atoms with Crippen LogP contribution in [0, 0.1) is 5.82 Å². The van der Waals surface area contributed by atoms with Crippen molar-refractivity contribution in [2.24, 2.45) is 5.73 Å². The van der Waals surface area contributed by atoms with Crippen molar-refractivity contribution >= 4 is 17.2 Å². The molecule has 1 atom stereocenters. The molecule has 1 unspecified atom stereocenters. The maximum Gasteiger partial charge on any atom is 0.137 e. The van der Waals surface area contributed by atoms with Gasteiger partial charge < -0.3 is 15.2 Å². The Balaban J connectivity index is 1.78. The first-order valence-corrected chi connectivity index (χ1v) is 7.00. The molecule has 0 saturated heterocycles. The number of halogens is 1. The molecule has 0 aromatic heterocycles. The predicted octanol–water partition coefficient (Wildman–Crippen LogP) is 3.01. The summed E-state index contributed by atoms with van der Waals surface area (Å²) in [5.41, 5.74) is 6.82. The van der Waals surface area contributed by atoms with E-state index in [9.17, 15) is 4.39 Å². The van der Waals surface area contributed by atoms with Crippen LogP contribution < -0.4 is 15.2 Å². The molecule has 0 spiro atoms. The summed E-state index contributed by atoms with van der Waals surface area (Å²) in [6.45, 7) is 0.938.